The fourth-order valence-corrected chi connectivity index (χ4v) is 1.44. The van der Waals surface area contributed by atoms with E-state index in [1.54, 1.807) is 6.92 Å². The van der Waals surface area contributed by atoms with Gasteiger partial charge in [-0.25, -0.2) is 13.2 Å². The van der Waals surface area contributed by atoms with Gasteiger partial charge in [0.15, 0.2) is 9.84 Å². The van der Waals surface area contributed by atoms with Crippen molar-refractivity contribution in [1.82, 2.24) is 10.6 Å². The van der Waals surface area contributed by atoms with Crippen LogP contribution in [0.25, 0.3) is 0 Å². The van der Waals surface area contributed by atoms with Gasteiger partial charge in [0.2, 0.25) is 0 Å². The molecule has 0 aliphatic rings. The lowest BCUT2D eigenvalue weighted by atomic mass is 10.1. The second kappa shape index (κ2) is 6.74. The third-order valence-electron chi connectivity index (χ3n) is 3.03. The molecule has 0 aromatic carbocycles. The van der Waals surface area contributed by atoms with Crippen LogP contribution in [0.15, 0.2) is 0 Å². The summed E-state index contributed by atoms with van der Waals surface area (Å²) in [5, 5.41) is 13.6. The highest BCUT2D eigenvalue weighted by Gasteiger charge is 2.30. The zero-order chi connectivity index (χ0) is 15.3. The Morgan fingerprint density at radius 1 is 1.26 bits per heavy atom. The van der Waals surface area contributed by atoms with E-state index in [0.717, 1.165) is 6.26 Å². The SMILES string of the molecule is CCC(CNC(=O)NCC(C)(C)S(C)(=O)=O)C(=O)O. The summed E-state index contributed by atoms with van der Waals surface area (Å²) in [4.78, 5) is 22.2. The molecule has 0 saturated carbocycles. The Bertz CT molecular complexity index is 430. The number of hydrogen-bond acceptors (Lipinski definition) is 4. The Labute approximate surface area is 113 Å². The Morgan fingerprint density at radius 3 is 2.16 bits per heavy atom. The number of carboxylic acids is 1. The Kier molecular flexibility index (Phi) is 6.28. The van der Waals surface area contributed by atoms with E-state index in [9.17, 15) is 18.0 Å². The monoisotopic (exact) mass is 294 g/mol. The fourth-order valence-electron chi connectivity index (χ4n) is 1.11. The third-order valence-corrected chi connectivity index (χ3v) is 5.18. The van der Waals surface area contributed by atoms with Crippen LogP contribution in [0.2, 0.25) is 0 Å². The van der Waals surface area contributed by atoms with Crippen molar-refractivity contribution in [3.05, 3.63) is 0 Å². The van der Waals surface area contributed by atoms with Gasteiger partial charge >= 0.3 is 12.0 Å². The second-order valence-electron chi connectivity index (χ2n) is 5.04. The number of carbonyl (C=O) groups is 2. The fraction of sp³-hybridized carbons (Fsp3) is 0.818. The summed E-state index contributed by atoms with van der Waals surface area (Å²) in [6.45, 7) is 4.70. The maximum Gasteiger partial charge on any atom is 0.314 e. The van der Waals surface area contributed by atoms with Gasteiger partial charge in [-0.1, -0.05) is 6.92 Å². The van der Waals surface area contributed by atoms with Crippen LogP contribution < -0.4 is 10.6 Å². The van der Waals surface area contributed by atoms with Crippen molar-refractivity contribution < 1.29 is 23.1 Å². The van der Waals surface area contributed by atoms with Gasteiger partial charge < -0.3 is 15.7 Å². The van der Waals surface area contributed by atoms with Gasteiger partial charge in [-0.3, -0.25) is 4.79 Å². The molecule has 8 heteroatoms. The smallest absolute Gasteiger partial charge is 0.314 e. The molecule has 2 amide bonds. The highest BCUT2D eigenvalue weighted by molar-refractivity contribution is 7.92. The topological polar surface area (TPSA) is 113 Å². The molecule has 0 radical (unpaired) electrons. The third kappa shape index (κ3) is 5.91. The van der Waals surface area contributed by atoms with Crippen LogP contribution in [0.4, 0.5) is 4.79 Å². The van der Waals surface area contributed by atoms with Gasteiger partial charge in [0.05, 0.1) is 10.7 Å². The number of aliphatic carboxylic acids is 1. The number of nitrogens with one attached hydrogen (secondary N) is 2. The molecule has 1 atom stereocenters. The molecular weight excluding hydrogens is 272 g/mol. The Hall–Kier alpha value is -1.31. The predicted molar refractivity (Wildman–Crippen MR) is 71.7 cm³/mol. The maximum absolute atomic E-state index is 11.4. The van der Waals surface area contributed by atoms with Crippen LogP contribution in [0.3, 0.4) is 0 Å². The van der Waals surface area contributed by atoms with Gasteiger partial charge in [-0.2, -0.15) is 0 Å². The molecule has 19 heavy (non-hydrogen) atoms. The van der Waals surface area contributed by atoms with Gasteiger partial charge in [-0.15, -0.1) is 0 Å². The number of amides is 2. The van der Waals surface area contributed by atoms with Crippen LogP contribution in [0.5, 0.6) is 0 Å². The summed E-state index contributed by atoms with van der Waals surface area (Å²) in [5.74, 6) is -1.62. The maximum atomic E-state index is 11.4. The van der Waals surface area contributed by atoms with Crippen LogP contribution in [-0.2, 0) is 14.6 Å². The molecule has 0 fully saturated rings. The standard InChI is InChI=1S/C11H22N2O5S/c1-5-8(9(14)15)6-12-10(16)13-7-11(2,3)19(4,17)18/h8H,5-7H2,1-4H3,(H,14,15)(H2,12,13,16). The average molecular weight is 294 g/mol. The molecule has 0 aliphatic carbocycles. The quantitative estimate of drug-likeness (QED) is 0.621. The van der Waals surface area contributed by atoms with Gasteiger partial charge in [0.1, 0.15) is 0 Å². The highest BCUT2D eigenvalue weighted by atomic mass is 32.2. The molecule has 0 spiro atoms. The van der Waals surface area contributed by atoms with E-state index in [4.69, 9.17) is 5.11 Å². The predicted octanol–water partition coefficient (Wildman–Crippen LogP) is 0.220. The van der Waals surface area contributed by atoms with Crippen LogP contribution in [0.1, 0.15) is 27.2 Å². The van der Waals surface area contributed by atoms with Crippen LogP contribution in [-0.4, -0.2) is 49.6 Å². The van der Waals surface area contributed by atoms with E-state index >= 15 is 0 Å². The summed E-state index contributed by atoms with van der Waals surface area (Å²) in [7, 11) is -3.28. The molecule has 3 N–H and O–H groups in total. The second-order valence-corrected chi connectivity index (χ2v) is 7.69. The number of rotatable bonds is 7. The molecule has 112 valence electrons. The van der Waals surface area contributed by atoms with Gasteiger partial charge in [-0.05, 0) is 20.3 Å². The van der Waals surface area contributed by atoms with Crippen molar-refractivity contribution in [1.29, 1.82) is 0 Å². The van der Waals surface area contributed by atoms with E-state index in [1.165, 1.54) is 13.8 Å². The lowest BCUT2D eigenvalue weighted by molar-refractivity contribution is -0.141. The largest absolute Gasteiger partial charge is 0.481 e. The molecular formula is C11H22N2O5S. The van der Waals surface area contributed by atoms with Crippen molar-refractivity contribution in [3.8, 4) is 0 Å². The van der Waals surface area contributed by atoms with Crippen LogP contribution >= 0.6 is 0 Å². The van der Waals surface area contributed by atoms with E-state index in [2.05, 4.69) is 10.6 Å². The zero-order valence-corrected chi connectivity index (χ0v) is 12.5. The van der Waals surface area contributed by atoms with Crippen LogP contribution in [0, 0.1) is 5.92 Å². The first-order valence-electron chi connectivity index (χ1n) is 5.95. The first-order valence-corrected chi connectivity index (χ1v) is 7.84. The molecule has 0 saturated heterocycles. The number of sulfone groups is 1. The normalized spacial score (nSPS) is 13.7. The molecule has 7 nitrogen and oxygen atoms in total. The summed E-state index contributed by atoms with van der Waals surface area (Å²) < 4.78 is 21.8. The minimum absolute atomic E-state index is 0.0109. The average Bonchev–Trinajstić information content (AvgIpc) is 2.25. The van der Waals surface area contributed by atoms with E-state index in [-0.39, 0.29) is 13.1 Å². The molecule has 0 heterocycles. The molecule has 0 aliphatic heterocycles. The minimum atomic E-state index is -3.28. The lowest BCUT2D eigenvalue weighted by Gasteiger charge is -2.23. The minimum Gasteiger partial charge on any atom is -0.481 e. The lowest BCUT2D eigenvalue weighted by Crippen LogP contribution is -2.48. The molecule has 0 rings (SSSR count). The first-order chi connectivity index (χ1) is 8.51. The molecule has 0 aromatic heterocycles. The number of carbonyl (C=O) groups excluding carboxylic acids is 1. The highest BCUT2D eigenvalue weighted by Crippen LogP contribution is 2.13. The molecule has 0 bridgehead atoms. The summed E-state index contributed by atoms with van der Waals surface area (Å²) in [5.41, 5.74) is 0. The summed E-state index contributed by atoms with van der Waals surface area (Å²) >= 11 is 0. The zero-order valence-electron chi connectivity index (χ0n) is 11.7. The van der Waals surface area contributed by atoms with Crippen molar-refractivity contribution in [2.24, 2.45) is 5.92 Å². The molecule has 0 aromatic rings. The van der Waals surface area contributed by atoms with E-state index in [0.29, 0.717) is 6.42 Å². The van der Waals surface area contributed by atoms with E-state index in [1.807, 2.05) is 0 Å². The van der Waals surface area contributed by atoms with E-state index < -0.39 is 32.5 Å². The number of hydrogen-bond donors (Lipinski definition) is 3. The van der Waals surface area contributed by atoms with Crippen molar-refractivity contribution in [2.45, 2.75) is 31.9 Å². The number of carboxylic acid groups (broad SMARTS) is 1. The molecule has 1 unspecified atom stereocenters. The Morgan fingerprint density at radius 2 is 1.79 bits per heavy atom. The number of urea groups is 1. The van der Waals surface area contributed by atoms with Crippen molar-refractivity contribution >= 4 is 21.8 Å². The summed E-state index contributed by atoms with van der Waals surface area (Å²) in [6.07, 6.45) is 1.51. The Balaban J connectivity index is 4.25. The van der Waals surface area contributed by atoms with Crippen molar-refractivity contribution in [3.63, 3.8) is 0 Å². The van der Waals surface area contributed by atoms with Crippen molar-refractivity contribution in [2.75, 3.05) is 19.3 Å². The first kappa shape index (κ1) is 17.7. The van der Waals surface area contributed by atoms with Gasteiger partial charge in [0.25, 0.3) is 0 Å². The summed E-state index contributed by atoms with van der Waals surface area (Å²) in [6, 6.07) is -0.573. The van der Waals surface area contributed by atoms with Gasteiger partial charge in [0, 0.05) is 19.3 Å².